The molecule has 0 amide bonds. The van der Waals surface area contributed by atoms with Gasteiger partial charge in [0.15, 0.2) is 8.68 Å². The van der Waals surface area contributed by atoms with Crippen LogP contribution in [0.5, 0.6) is 0 Å². The molecule has 0 unspecified atom stereocenters. The van der Waals surface area contributed by atoms with Crippen LogP contribution in [0.1, 0.15) is 143 Å². The number of aromatic nitrogens is 2. The van der Waals surface area contributed by atoms with Crippen LogP contribution in [0.25, 0.3) is 20.4 Å². The number of aryl methyl sites for hydroxylation is 1. The Hall–Kier alpha value is -1.16. The second kappa shape index (κ2) is 25.7. The van der Waals surface area contributed by atoms with Crippen molar-refractivity contribution in [3.63, 3.8) is 0 Å². The van der Waals surface area contributed by atoms with Gasteiger partial charge in [0.1, 0.15) is 0 Å². The first kappa shape index (κ1) is 41.3. The highest BCUT2D eigenvalue weighted by Gasteiger charge is 2.12. The number of benzene rings is 2. The molecule has 4 nitrogen and oxygen atoms in total. The zero-order chi connectivity index (χ0) is 34.2. The molecule has 2 heterocycles. The molecule has 0 saturated heterocycles. The van der Waals surface area contributed by atoms with Crippen LogP contribution in [0.2, 0.25) is 0 Å². The van der Waals surface area contributed by atoms with Crippen molar-refractivity contribution in [3.05, 3.63) is 48.0 Å². The zero-order valence-corrected chi connectivity index (χ0v) is 34.1. The third-order valence-corrected chi connectivity index (χ3v) is 13.2. The monoisotopic (exact) mass is 728 g/mol. The van der Waals surface area contributed by atoms with Gasteiger partial charge in [0.2, 0.25) is 0 Å². The first-order valence-corrected chi connectivity index (χ1v) is 22.4. The molecule has 0 aliphatic heterocycles. The molecule has 0 N–H and O–H groups in total. The maximum Gasteiger partial charge on any atom is 0.166 e. The number of hydrogen-bond acceptors (Lipinski definition) is 8. The Morgan fingerprint density at radius 3 is 1.67 bits per heavy atom. The normalized spacial score (nSPS) is 11.6. The number of unbranched alkanes of at least 4 members (excludes halogenated alkanes) is 13. The molecule has 8 heteroatoms. The van der Waals surface area contributed by atoms with Gasteiger partial charge in [-0.2, -0.15) is 0 Å². The number of nitrogens with zero attached hydrogens (tertiary/aromatic N) is 4. The van der Waals surface area contributed by atoms with E-state index in [4.69, 9.17) is 9.97 Å². The summed E-state index contributed by atoms with van der Waals surface area (Å²) in [7, 11) is 0. The molecule has 0 saturated carbocycles. The van der Waals surface area contributed by atoms with E-state index in [1.54, 1.807) is 11.9 Å². The molecule has 4 aromatic rings. The average Bonchev–Trinajstić information content (AvgIpc) is 3.72. The molecule has 0 radical (unpaired) electrons. The van der Waals surface area contributed by atoms with E-state index in [-0.39, 0.29) is 0 Å². The van der Waals surface area contributed by atoms with Gasteiger partial charge in [-0.15, -0.1) is 22.7 Å². The SMILES string of the molecule is CCCCCCCCN(CCCCCCCC)Sc1nc2ccccc2s1.CCCCCCc1cccc2sc(SN(CC)CC)nc12. The maximum atomic E-state index is 4.89. The summed E-state index contributed by atoms with van der Waals surface area (Å²) in [4.78, 5) is 9.72. The van der Waals surface area contributed by atoms with Crippen molar-refractivity contribution in [2.75, 3.05) is 26.2 Å². The molecule has 0 fully saturated rings. The van der Waals surface area contributed by atoms with Gasteiger partial charge in [0, 0.05) is 26.2 Å². The predicted molar refractivity (Wildman–Crippen MR) is 220 cm³/mol. The lowest BCUT2D eigenvalue weighted by atomic mass is 10.1. The van der Waals surface area contributed by atoms with Crippen molar-refractivity contribution in [1.29, 1.82) is 0 Å². The summed E-state index contributed by atoms with van der Waals surface area (Å²) < 4.78 is 9.94. The van der Waals surface area contributed by atoms with Crippen LogP contribution in [0, 0.1) is 0 Å². The molecule has 268 valence electrons. The van der Waals surface area contributed by atoms with E-state index in [1.807, 2.05) is 34.6 Å². The van der Waals surface area contributed by atoms with Crippen LogP contribution in [0.3, 0.4) is 0 Å². The molecular weight excluding hydrogens is 665 g/mol. The summed E-state index contributed by atoms with van der Waals surface area (Å²) in [6.07, 6.45) is 22.8. The number of rotatable bonds is 25. The predicted octanol–water partition coefficient (Wildman–Crippen LogP) is 14.1. The van der Waals surface area contributed by atoms with Crippen molar-refractivity contribution < 1.29 is 0 Å². The van der Waals surface area contributed by atoms with E-state index in [2.05, 4.69) is 85.7 Å². The fourth-order valence-electron chi connectivity index (χ4n) is 5.77. The Balaban J connectivity index is 0.000000269. The summed E-state index contributed by atoms with van der Waals surface area (Å²) >= 11 is 7.35. The van der Waals surface area contributed by atoms with Gasteiger partial charge in [0.05, 0.1) is 20.4 Å². The van der Waals surface area contributed by atoms with Gasteiger partial charge in [-0.3, -0.25) is 0 Å². The van der Waals surface area contributed by atoms with Crippen LogP contribution >= 0.6 is 46.6 Å². The molecule has 0 spiro atoms. The minimum Gasteiger partial charge on any atom is -0.245 e. The van der Waals surface area contributed by atoms with Crippen LogP contribution < -0.4 is 0 Å². The van der Waals surface area contributed by atoms with Gasteiger partial charge in [-0.25, -0.2) is 18.6 Å². The lowest BCUT2D eigenvalue weighted by Gasteiger charge is -2.19. The number of hydrogen-bond donors (Lipinski definition) is 0. The third-order valence-electron chi connectivity index (χ3n) is 8.70. The van der Waals surface area contributed by atoms with Gasteiger partial charge < -0.3 is 0 Å². The van der Waals surface area contributed by atoms with E-state index in [0.29, 0.717) is 0 Å². The van der Waals surface area contributed by atoms with Crippen molar-refractivity contribution in [1.82, 2.24) is 18.6 Å². The van der Waals surface area contributed by atoms with Crippen molar-refractivity contribution in [2.24, 2.45) is 0 Å². The summed E-state index contributed by atoms with van der Waals surface area (Å²) in [6.45, 7) is 15.7. The average molecular weight is 729 g/mol. The molecule has 2 aromatic heterocycles. The van der Waals surface area contributed by atoms with Crippen LogP contribution in [-0.2, 0) is 6.42 Å². The molecule has 2 aromatic carbocycles. The van der Waals surface area contributed by atoms with Gasteiger partial charge >= 0.3 is 0 Å². The zero-order valence-electron chi connectivity index (χ0n) is 30.8. The van der Waals surface area contributed by atoms with Crippen molar-refractivity contribution in [3.8, 4) is 0 Å². The highest BCUT2D eigenvalue weighted by Crippen LogP contribution is 2.34. The van der Waals surface area contributed by atoms with Crippen LogP contribution in [0.15, 0.2) is 51.1 Å². The number of para-hydroxylation sites is 2. The summed E-state index contributed by atoms with van der Waals surface area (Å²) in [5.41, 5.74) is 3.80. The highest BCUT2D eigenvalue weighted by molar-refractivity contribution is 7.99. The molecule has 0 aliphatic rings. The molecule has 0 bridgehead atoms. The fourth-order valence-corrected chi connectivity index (χ4v) is 10.1. The van der Waals surface area contributed by atoms with E-state index in [9.17, 15) is 0 Å². The Morgan fingerprint density at radius 1 is 0.521 bits per heavy atom. The lowest BCUT2D eigenvalue weighted by Crippen LogP contribution is -2.18. The molecular formula is C40H64N4S4. The Morgan fingerprint density at radius 2 is 1.04 bits per heavy atom. The topological polar surface area (TPSA) is 32.3 Å². The van der Waals surface area contributed by atoms with Crippen molar-refractivity contribution in [2.45, 2.75) is 152 Å². The smallest absolute Gasteiger partial charge is 0.166 e. The summed E-state index contributed by atoms with van der Waals surface area (Å²) in [5, 5.41) is 0. The third kappa shape index (κ3) is 15.8. The second-order valence-corrected chi connectivity index (χ2v) is 17.5. The van der Waals surface area contributed by atoms with Gasteiger partial charge in [0.25, 0.3) is 0 Å². The largest absolute Gasteiger partial charge is 0.245 e. The Bertz CT molecular complexity index is 1320. The first-order valence-electron chi connectivity index (χ1n) is 19.2. The van der Waals surface area contributed by atoms with E-state index >= 15 is 0 Å². The highest BCUT2D eigenvalue weighted by atomic mass is 32.2. The van der Waals surface area contributed by atoms with Crippen LogP contribution in [-0.4, -0.2) is 44.8 Å². The van der Waals surface area contributed by atoms with Gasteiger partial charge in [-0.05, 0) is 73.3 Å². The number of thiazole rings is 2. The molecule has 0 atom stereocenters. The van der Waals surface area contributed by atoms with E-state index < -0.39 is 0 Å². The lowest BCUT2D eigenvalue weighted by molar-refractivity contribution is 0.424. The summed E-state index contributed by atoms with van der Waals surface area (Å²) in [6, 6.07) is 15.1. The molecule has 0 aliphatic carbocycles. The Kier molecular flexibility index (Phi) is 22.1. The molecule has 4 rings (SSSR count). The molecule has 48 heavy (non-hydrogen) atoms. The van der Waals surface area contributed by atoms with E-state index in [1.165, 1.54) is 145 Å². The first-order chi connectivity index (χ1) is 23.6. The fraction of sp³-hybridized carbons (Fsp3) is 0.650. The van der Waals surface area contributed by atoms with Crippen molar-refractivity contribution >= 4 is 67.0 Å². The van der Waals surface area contributed by atoms with Gasteiger partial charge in [-0.1, -0.05) is 142 Å². The van der Waals surface area contributed by atoms with E-state index in [0.717, 1.165) is 25.0 Å². The van der Waals surface area contributed by atoms with Crippen LogP contribution in [0.4, 0.5) is 0 Å². The quantitative estimate of drug-likeness (QED) is 0.0499. The summed E-state index contributed by atoms with van der Waals surface area (Å²) in [5.74, 6) is 0. The second-order valence-electron chi connectivity index (χ2n) is 12.8. The minimum atomic E-state index is 1.06. The Labute approximate surface area is 310 Å². The minimum absolute atomic E-state index is 1.06. The maximum absolute atomic E-state index is 4.89. The standard InChI is InChI=1S/C23H38N2S2.C17H26N2S2/c1-3-5-7-9-11-15-19-25(20-16-12-10-8-6-4-2)27-23-24-21-17-13-14-18-22(21)26-23;1-4-7-8-9-11-14-12-10-13-15-16(14)18-17(20-15)21-19(5-2)6-3/h13-14,17-18H,3-12,15-16,19-20H2,1-2H3;10,12-13H,4-9,11H2,1-3H3. The number of fused-ring (bicyclic) bond motifs is 2.